The molecule has 142 valence electrons. The Kier molecular flexibility index (Phi) is 4.92. The molecular weight excluding hydrogens is 362 g/mol. The summed E-state index contributed by atoms with van der Waals surface area (Å²) < 4.78 is 1.75. The van der Waals surface area contributed by atoms with E-state index in [4.69, 9.17) is 0 Å². The Morgan fingerprint density at radius 1 is 1.15 bits per heavy atom. The Hall–Kier alpha value is -2.32. The molecule has 1 aromatic carbocycles. The molecule has 0 atom stereocenters. The van der Waals surface area contributed by atoms with E-state index in [9.17, 15) is 9.59 Å². The third-order valence-electron chi connectivity index (χ3n) is 5.16. The highest BCUT2D eigenvalue weighted by Gasteiger charge is 2.30. The number of piperazine rings is 1. The van der Waals surface area contributed by atoms with Gasteiger partial charge in [0.25, 0.3) is 0 Å². The molecule has 0 unspecified atom stereocenters. The van der Waals surface area contributed by atoms with E-state index >= 15 is 0 Å². The van der Waals surface area contributed by atoms with E-state index in [1.807, 2.05) is 31.2 Å². The van der Waals surface area contributed by atoms with Crippen LogP contribution in [0.5, 0.6) is 0 Å². The van der Waals surface area contributed by atoms with Crippen LogP contribution < -0.4 is 10.2 Å². The molecule has 2 aromatic rings. The van der Waals surface area contributed by atoms with Gasteiger partial charge in [-0.2, -0.15) is 16.9 Å². The van der Waals surface area contributed by atoms with Crippen LogP contribution in [-0.4, -0.2) is 59.7 Å². The predicted octanol–water partition coefficient (Wildman–Crippen LogP) is 0.223. The average molecular weight is 387 g/mol. The second-order valence-corrected chi connectivity index (χ2v) is 8.20. The second kappa shape index (κ2) is 7.36. The number of aromatic nitrogens is 2. The molecule has 2 N–H and O–H groups in total. The van der Waals surface area contributed by atoms with Gasteiger partial charge in [0, 0.05) is 17.1 Å². The lowest BCUT2D eigenvalue weighted by molar-refractivity contribution is -0.883. The van der Waals surface area contributed by atoms with E-state index in [2.05, 4.69) is 17.5 Å². The molecule has 0 spiro atoms. The van der Waals surface area contributed by atoms with Crippen molar-refractivity contribution < 1.29 is 14.5 Å². The van der Waals surface area contributed by atoms with Crippen LogP contribution in [0.25, 0.3) is 5.69 Å². The van der Waals surface area contributed by atoms with Gasteiger partial charge in [0.1, 0.15) is 5.82 Å². The van der Waals surface area contributed by atoms with E-state index < -0.39 is 11.8 Å². The minimum absolute atomic E-state index is 0.460. The van der Waals surface area contributed by atoms with Gasteiger partial charge in [-0.25, -0.2) is 4.68 Å². The van der Waals surface area contributed by atoms with Crippen LogP contribution in [0, 0.1) is 6.92 Å². The number of amides is 2. The van der Waals surface area contributed by atoms with Crippen LogP contribution in [0.2, 0.25) is 0 Å². The zero-order chi connectivity index (χ0) is 19.0. The summed E-state index contributed by atoms with van der Waals surface area (Å²) in [5, 5.41) is 7.54. The molecule has 1 aromatic heterocycles. The predicted molar refractivity (Wildman–Crippen MR) is 105 cm³/mol. The molecular formula is C19H24N5O2S+. The fourth-order valence-corrected chi connectivity index (χ4v) is 4.45. The number of nitrogens with zero attached hydrogens (tertiary/aromatic N) is 3. The highest BCUT2D eigenvalue weighted by Crippen LogP contribution is 2.36. The summed E-state index contributed by atoms with van der Waals surface area (Å²) in [4.78, 5) is 28.3. The molecule has 4 rings (SSSR count). The molecule has 1 fully saturated rings. The quantitative estimate of drug-likeness (QED) is 0.725. The first kappa shape index (κ1) is 18.1. The molecule has 8 heteroatoms. The number of hydrogen-bond donors (Lipinski definition) is 2. The third-order valence-corrected chi connectivity index (χ3v) is 6.13. The lowest BCUT2D eigenvalue weighted by Gasteiger charge is -2.29. The average Bonchev–Trinajstić information content (AvgIpc) is 3.25. The SMILES string of the molecule is Cc1ccc(-n2nc3c(c2NC(=O)C(=O)N2CC[NH+](C)CC2)CSC3)cc1. The molecule has 3 heterocycles. The number of likely N-dealkylation sites (N-methyl/N-ethyl adjacent to an activating group) is 1. The number of anilines is 1. The number of hydrogen-bond acceptors (Lipinski definition) is 4. The number of thioether (sulfide) groups is 1. The maximum absolute atomic E-state index is 12.7. The molecule has 0 saturated carbocycles. The summed E-state index contributed by atoms with van der Waals surface area (Å²) >= 11 is 1.77. The van der Waals surface area contributed by atoms with E-state index in [1.54, 1.807) is 21.3 Å². The fourth-order valence-electron chi connectivity index (χ4n) is 3.41. The van der Waals surface area contributed by atoms with E-state index in [0.29, 0.717) is 18.9 Å². The first-order chi connectivity index (χ1) is 13.0. The van der Waals surface area contributed by atoms with Gasteiger partial charge in [0.05, 0.1) is 44.6 Å². The maximum atomic E-state index is 12.7. The molecule has 0 radical (unpaired) electrons. The zero-order valence-electron chi connectivity index (χ0n) is 15.6. The molecule has 1 saturated heterocycles. The highest BCUT2D eigenvalue weighted by molar-refractivity contribution is 7.98. The van der Waals surface area contributed by atoms with Gasteiger partial charge >= 0.3 is 11.8 Å². The van der Waals surface area contributed by atoms with Crippen LogP contribution in [0.3, 0.4) is 0 Å². The molecule has 2 aliphatic rings. The van der Waals surface area contributed by atoms with E-state index in [-0.39, 0.29) is 0 Å². The summed E-state index contributed by atoms with van der Waals surface area (Å²) in [5.74, 6) is 1.20. The fraction of sp³-hybridized carbons (Fsp3) is 0.421. The van der Waals surface area contributed by atoms with Gasteiger partial charge in [-0.05, 0) is 19.1 Å². The number of rotatable bonds is 2. The molecule has 0 bridgehead atoms. The minimum atomic E-state index is -0.581. The van der Waals surface area contributed by atoms with Crippen LogP contribution in [-0.2, 0) is 21.1 Å². The summed E-state index contributed by atoms with van der Waals surface area (Å²) in [6, 6.07) is 7.98. The smallest absolute Gasteiger partial charge is 0.315 e. The Labute approximate surface area is 162 Å². The molecule has 27 heavy (non-hydrogen) atoms. The first-order valence-electron chi connectivity index (χ1n) is 9.20. The Balaban J connectivity index is 1.58. The number of carbonyl (C=O) groups is 2. The van der Waals surface area contributed by atoms with Crippen molar-refractivity contribution in [1.82, 2.24) is 14.7 Å². The third kappa shape index (κ3) is 3.59. The van der Waals surface area contributed by atoms with Crippen molar-refractivity contribution in [2.24, 2.45) is 0 Å². The van der Waals surface area contributed by atoms with Gasteiger partial charge in [-0.1, -0.05) is 17.7 Å². The van der Waals surface area contributed by atoms with Crippen molar-refractivity contribution in [3.8, 4) is 5.69 Å². The summed E-state index contributed by atoms with van der Waals surface area (Å²) in [6.07, 6.45) is 0. The van der Waals surface area contributed by atoms with Crippen LogP contribution >= 0.6 is 11.8 Å². The number of quaternary nitrogens is 1. The number of nitrogens with one attached hydrogen (secondary N) is 2. The van der Waals surface area contributed by atoms with Crippen molar-refractivity contribution in [2.75, 3.05) is 38.5 Å². The topological polar surface area (TPSA) is 71.7 Å². The van der Waals surface area contributed by atoms with Crippen LogP contribution in [0.15, 0.2) is 24.3 Å². The Morgan fingerprint density at radius 3 is 2.56 bits per heavy atom. The van der Waals surface area contributed by atoms with Gasteiger partial charge < -0.3 is 15.1 Å². The van der Waals surface area contributed by atoms with E-state index in [1.165, 1.54) is 4.90 Å². The number of aryl methyl sites for hydroxylation is 1. The van der Waals surface area contributed by atoms with Crippen molar-refractivity contribution in [3.63, 3.8) is 0 Å². The van der Waals surface area contributed by atoms with Crippen molar-refractivity contribution in [2.45, 2.75) is 18.4 Å². The lowest BCUT2D eigenvalue weighted by Crippen LogP contribution is -3.12. The standard InChI is InChI=1S/C19H23N5O2S/c1-13-3-5-14(6-4-13)24-17(15-11-27-12-16(15)21-24)20-18(25)19(26)23-9-7-22(2)8-10-23/h3-6H,7-12H2,1-2H3,(H,20,25)/p+1. The normalized spacial score (nSPS) is 17.0. The summed E-state index contributed by atoms with van der Waals surface area (Å²) in [6.45, 7) is 4.99. The summed E-state index contributed by atoms with van der Waals surface area (Å²) in [7, 11) is 2.10. The molecule has 7 nitrogen and oxygen atoms in total. The van der Waals surface area contributed by atoms with Gasteiger partial charge in [0.2, 0.25) is 0 Å². The zero-order valence-corrected chi connectivity index (χ0v) is 16.4. The molecule has 2 amide bonds. The number of fused-ring (bicyclic) bond motifs is 1. The monoisotopic (exact) mass is 386 g/mol. The largest absolute Gasteiger partial charge is 0.334 e. The van der Waals surface area contributed by atoms with Crippen LogP contribution in [0.1, 0.15) is 16.8 Å². The van der Waals surface area contributed by atoms with Crippen LogP contribution in [0.4, 0.5) is 5.82 Å². The highest BCUT2D eigenvalue weighted by atomic mass is 32.2. The van der Waals surface area contributed by atoms with Crippen molar-refractivity contribution in [3.05, 3.63) is 41.1 Å². The van der Waals surface area contributed by atoms with Crippen molar-refractivity contribution in [1.29, 1.82) is 0 Å². The molecule has 2 aliphatic heterocycles. The van der Waals surface area contributed by atoms with Crippen molar-refractivity contribution >= 4 is 29.4 Å². The minimum Gasteiger partial charge on any atom is -0.334 e. The summed E-state index contributed by atoms with van der Waals surface area (Å²) in [5.41, 5.74) is 4.04. The Bertz CT molecular complexity index is 869. The van der Waals surface area contributed by atoms with E-state index in [0.717, 1.165) is 47.1 Å². The Morgan fingerprint density at radius 2 is 1.85 bits per heavy atom. The number of benzene rings is 1. The maximum Gasteiger partial charge on any atom is 0.315 e. The number of carbonyl (C=O) groups excluding carboxylic acids is 2. The van der Waals surface area contributed by atoms with Gasteiger partial charge in [0.15, 0.2) is 0 Å². The van der Waals surface area contributed by atoms with Gasteiger partial charge in [-0.15, -0.1) is 0 Å². The van der Waals surface area contributed by atoms with Gasteiger partial charge in [-0.3, -0.25) is 9.59 Å². The lowest BCUT2D eigenvalue weighted by atomic mass is 10.2. The molecule has 0 aliphatic carbocycles. The first-order valence-corrected chi connectivity index (χ1v) is 10.4. The second-order valence-electron chi connectivity index (χ2n) is 7.22.